The van der Waals surface area contributed by atoms with Gasteiger partial charge in [0, 0.05) is 5.69 Å². The number of aromatic nitrogens is 3. The van der Waals surface area contributed by atoms with Crippen LogP contribution in [-0.2, 0) is 0 Å². The molecule has 0 atom stereocenters. The van der Waals surface area contributed by atoms with Crippen LogP contribution in [0.5, 0.6) is 0 Å². The zero-order valence-electron chi connectivity index (χ0n) is 10.0. The number of nitrogens with one attached hydrogen (secondary N) is 2. The van der Waals surface area contributed by atoms with Crippen LogP contribution in [0.15, 0.2) is 23.0 Å². The monoisotopic (exact) mass is 230 g/mol. The molecule has 0 bridgehead atoms. The molecule has 0 aliphatic rings. The molecule has 5 heteroatoms. The van der Waals surface area contributed by atoms with E-state index in [4.69, 9.17) is 0 Å². The summed E-state index contributed by atoms with van der Waals surface area (Å²) in [5.74, 6) is 0.352. The summed E-state index contributed by atoms with van der Waals surface area (Å²) in [5.41, 5.74) is 3.31. The summed E-state index contributed by atoms with van der Waals surface area (Å²) in [6.45, 7) is 5.65. The van der Waals surface area contributed by atoms with E-state index >= 15 is 0 Å². The molecule has 0 saturated heterocycles. The second-order valence-electron chi connectivity index (χ2n) is 4.09. The van der Waals surface area contributed by atoms with Crippen molar-refractivity contribution in [2.45, 2.75) is 20.8 Å². The summed E-state index contributed by atoms with van der Waals surface area (Å²) in [7, 11) is 0. The fraction of sp³-hybridized carbons (Fsp3) is 0.250. The topological polar surface area (TPSA) is 70.7 Å². The maximum atomic E-state index is 11.4. The normalized spacial score (nSPS) is 10.3. The molecular weight excluding hydrogens is 216 g/mol. The van der Waals surface area contributed by atoms with Gasteiger partial charge in [0.2, 0.25) is 5.95 Å². The van der Waals surface area contributed by atoms with E-state index in [1.54, 1.807) is 6.92 Å². The molecule has 1 heterocycles. The molecule has 0 unspecified atom stereocenters. The summed E-state index contributed by atoms with van der Waals surface area (Å²) in [4.78, 5) is 14.0. The second kappa shape index (κ2) is 4.37. The zero-order valence-corrected chi connectivity index (χ0v) is 10.0. The van der Waals surface area contributed by atoms with Gasteiger partial charge in [0.25, 0.3) is 5.56 Å². The predicted molar refractivity (Wildman–Crippen MR) is 66.6 cm³/mol. The van der Waals surface area contributed by atoms with Crippen molar-refractivity contribution < 1.29 is 0 Å². The molecular formula is C12H14N4O. The molecule has 2 rings (SSSR count). The number of aromatic amines is 1. The van der Waals surface area contributed by atoms with Gasteiger partial charge in [-0.25, -0.2) is 0 Å². The first-order valence-electron chi connectivity index (χ1n) is 5.33. The van der Waals surface area contributed by atoms with Gasteiger partial charge in [-0.2, -0.15) is 0 Å². The van der Waals surface area contributed by atoms with Crippen LogP contribution < -0.4 is 10.9 Å². The highest BCUT2D eigenvalue weighted by atomic mass is 16.1. The minimum absolute atomic E-state index is 0.230. The molecule has 0 saturated carbocycles. The molecule has 2 aromatic rings. The summed E-state index contributed by atoms with van der Waals surface area (Å²) in [6, 6.07) is 6.04. The van der Waals surface area contributed by atoms with Crippen LogP contribution in [0.2, 0.25) is 0 Å². The lowest BCUT2D eigenvalue weighted by atomic mass is 10.1. The van der Waals surface area contributed by atoms with E-state index in [1.807, 2.05) is 26.0 Å². The number of H-pyrrole nitrogens is 1. The van der Waals surface area contributed by atoms with Gasteiger partial charge in [0.15, 0.2) is 0 Å². The number of rotatable bonds is 2. The average molecular weight is 230 g/mol. The average Bonchev–Trinajstić information content (AvgIpc) is 2.22. The summed E-state index contributed by atoms with van der Waals surface area (Å²) >= 11 is 0. The Hall–Kier alpha value is -2.17. The third kappa shape index (κ3) is 2.69. The van der Waals surface area contributed by atoms with Gasteiger partial charge in [-0.3, -0.25) is 9.78 Å². The predicted octanol–water partition coefficient (Wildman–Crippen LogP) is 1.83. The molecule has 0 fully saturated rings. The van der Waals surface area contributed by atoms with Gasteiger partial charge in [-0.15, -0.1) is 10.2 Å². The Balaban J connectivity index is 2.31. The SMILES string of the molecule is Cc1cc(C)cc(Nc2nnc(C)c(=O)[nH]2)c1. The number of hydrogen-bond donors (Lipinski definition) is 2. The van der Waals surface area contributed by atoms with Crippen molar-refractivity contribution in [3.8, 4) is 0 Å². The lowest BCUT2D eigenvalue weighted by Crippen LogP contribution is -2.15. The smallest absolute Gasteiger partial charge is 0.273 e. The number of nitrogens with zero attached hydrogens (tertiary/aromatic N) is 2. The number of hydrogen-bond acceptors (Lipinski definition) is 4. The van der Waals surface area contributed by atoms with E-state index in [1.165, 1.54) is 0 Å². The maximum Gasteiger partial charge on any atom is 0.273 e. The van der Waals surface area contributed by atoms with Gasteiger partial charge < -0.3 is 5.32 Å². The van der Waals surface area contributed by atoms with E-state index < -0.39 is 0 Å². The van der Waals surface area contributed by atoms with Crippen molar-refractivity contribution in [2.75, 3.05) is 5.32 Å². The van der Waals surface area contributed by atoms with E-state index in [0.29, 0.717) is 11.6 Å². The first-order chi connectivity index (χ1) is 8.04. The van der Waals surface area contributed by atoms with Crippen LogP contribution in [0.25, 0.3) is 0 Å². The van der Waals surface area contributed by atoms with E-state index in [2.05, 4.69) is 26.6 Å². The third-order valence-electron chi connectivity index (χ3n) is 2.34. The molecule has 88 valence electrons. The Morgan fingerprint density at radius 1 is 1.06 bits per heavy atom. The Kier molecular flexibility index (Phi) is 2.91. The molecule has 0 aliphatic heterocycles. The molecule has 2 N–H and O–H groups in total. The van der Waals surface area contributed by atoms with Crippen molar-refractivity contribution in [1.82, 2.24) is 15.2 Å². The van der Waals surface area contributed by atoms with Gasteiger partial charge in [0.1, 0.15) is 5.69 Å². The van der Waals surface area contributed by atoms with Gasteiger partial charge in [-0.1, -0.05) is 6.07 Å². The Morgan fingerprint density at radius 3 is 2.29 bits per heavy atom. The molecule has 0 radical (unpaired) electrons. The van der Waals surface area contributed by atoms with Gasteiger partial charge in [0.05, 0.1) is 0 Å². The fourth-order valence-corrected chi connectivity index (χ4v) is 1.63. The van der Waals surface area contributed by atoms with Crippen LogP contribution in [0.1, 0.15) is 16.8 Å². The minimum atomic E-state index is -0.230. The quantitative estimate of drug-likeness (QED) is 0.825. The summed E-state index contributed by atoms with van der Waals surface area (Å²) in [6.07, 6.45) is 0. The van der Waals surface area contributed by atoms with Crippen LogP contribution >= 0.6 is 0 Å². The highest BCUT2D eigenvalue weighted by molar-refractivity contribution is 5.55. The third-order valence-corrected chi connectivity index (χ3v) is 2.34. The zero-order chi connectivity index (χ0) is 12.4. The number of anilines is 2. The minimum Gasteiger partial charge on any atom is -0.324 e. The van der Waals surface area contributed by atoms with Gasteiger partial charge >= 0.3 is 0 Å². The molecule has 0 amide bonds. The largest absolute Gasteiger partial charge is 0.324 e. The standard InChI is InChI=1S/C12H14N4O/c1-7-4-8(2)6-10(5-7)13-12-14-11(17)9(3)15-16-12/h4-6H,1-3H3,(H2,13,14,16,17). The maximum absolute atomic E-state index is 11.4. The summed E-state index contributed by atoms with van der Waals surface area (Å²) in [5, 5.41) is 10.7. The van der Waals surface area contributed by atoms with Crippen LogP contribution in [0, 0.1) is 20.8 Å². The van der Waals surface area contributed by atoms with Crippen LogP contribution in [-0.4, -0.2) is 15.2 Å². The van der Waals surface area contributed by atoms with Crippen molar-refractivity contribution in [1.29, 1.82) is 0 Å². The van der Waals surface area contributed by atoms with E-state index in [0.717, 1.165) is 16.8 Å². The first kappa shape index (κ1) is 11.3. The highest BCUT2D eigenvalue weighted by Crippen LogP contribution is 2.16. The van der Waals surface area contributed by atoms with Crippen molar-refractivity contribution in [2.24, 2.45) is 0 Å². The lowest BCUT2D eigenvalue weighted by molar-refractivity contribution is 0.908. The van der Waals surface area contributed by atoms with Crippen molar-refractivity contribution in [3.05, 3.63) is 45.4 Å². The van der Waals surface area contributed by atoms with E-state index in [-0.39, 0.29) is 5.56 Å². The molecule has 17 heavy (non-hydrogen) atoms. The first-order valence-corrected chi connectivity index (χ1v) is 5.33. The van der Waals surface area contributed by atoms with Crippen molar-refractivity contribution >= 4 is 11.6 Å². The van der Waals surface area contributed by atoms with E-state index in [9.17, 15) is 4.79 Å². The highest BCUT2D eigenvalue weighted by Gasteiger charge is 2.01. The molecule has 0 aliphatic carbocycles. The number of aryl methyl sites for hydroxylation is 3. The molecule has 1 aromatic heterocycles. The molecule has 1 aromatic carbocycles. The Bertz CT molecular complexity index is 583. The van der Waals surface area contributed by atoms with Crippen molar-refractivity contribution in [3.63, 3.8) is 0 Å². The van der Waals surface area contributed by atoms with Gasteiger partial charge in [-0.05, 0) is 44.0 Å². The fourth-order valence-electron chi connectivity index (χ4n) is 1.63. The summed E-state index contributed by atoms with van der Waals surface area (Å²) < 4.78 is 0. The molecule has 0 spiro atoms. The Labute approximate surface area is 98.9 Å². The molecule has 5 nitrogen and oxygen atoms in total. The Morgan fingerprint density at radius 2 is 1.71 bits per heavy atom. The second-order valence-corrected chi connectivity index (χ2v) is 4.09. The number of benzene rings is 1. The van der Waals surface area contributed by atoms with Crippen LogP contribution in [0.3, 0.4) is 0 Å². The van der Waals surface area contributed by atoms with Crippen LogP contribution in [0.4, 0.5) is 11.6 Å². The lowest BCUT2D eigenvalue weighted by Gasteiger charge is -2.06.